The minimum Gasteiger partial charge on any atom is -0.326 e. The van der Waals surface area contributed by atoms with Crippen LogP contribution >= 0.6 is 46.6 Å². The standard InChI is InChI=1S/C29H22Cl3F6N3O3S/c1-45-10-2-3-21(42)41-25-19(34)8-9-20(24(25)35)40-26(43)15-12-14(5-6-17(15)30)39-27(44)23-22(28(23,31)32)13-4-7-18(33)16(11-13)29(36,37)38/h4-9,11-12,22-23H,2-3,10H2,1H3,(H,39,44)(H,40,43)(H,41,42)/t22-,23+/m0/s1. The van der Waals surface area contributed by atoms with Crippen LogP contribution in [0.4, 0.5) is 43.4 Å². The van der Waals surface area contributed by atoms with Gasteiger partial charge >= 0.3 is 6.18 Å². The van der Waals surface area contributed by atoms with Gasteiger partial charge in [0, 0.05) is 18.0 Å². The van der Waals surface area contributed by atoms with Crippen LogP contribution in [0.5, 0.6) is 0 Å². The summed E-state index contributed by atoms with van der Waals surface area (Å²) in [4.78, 5) is 38.2. The molecule has 1 fully saturated rings. The van der Waals surface area contributed by atoms with Crippen molar-refractivity contribution in [2.75, 3.05) is 28.0 Å². The number of thioether (sulfide) groups is 1. The lowest BCUT2D eigenvalue weighted by Gasteiger charge is -2.13. The Balaban J connectivity index is 1.49. The maximum atomic E-state index is 15.1. The molecule has 3 amide bonds. The zero-order valence-corrected chi connectivity index (χ0v) is 26.0. The molecule has 3 aromatic rings. The van der Waals surface area contributed by atoms with Gasteiger partial charge in [-0.3, -0.25) is 14.4 Å². The number of nitrogens with one attached hydrogen (secondary N) is 3. The summed E-state index contributed by atoms with van der Waals surface area (Å²) in [5.74, 6) is -7.89. The van der Waals surface area contributed by atoms with Gasteiger partial charge in [-0.05, 0) is 66.5 Å². The first kappa shape index (κ1) is 34.7. The number of carbonyl (C=O) groups is 3. The topological polar surface area (TPSA) is 87.3 Å². The lowest BCUT2D eigenvalue weighted by atomic mass is 10.0. The third kappa shape index (κ3) is 7.82. The van der Waals surface area contributed by atoms with Crippen LogP contribution < -0.4 is 16.0 Å². The first-order chi connectivity index (χ1) is 21.1. The molecule has 240 valence electrons. The van der Waals surface area contributed by atoms with Gasteiger partial charge < -0.3 is 16.0 Å². The van der Waals surface area contributed by atoms with Gasteiger partial charge in [-0.25, -0.2) is 13.2 Å². The summed E-state index contributed by atoms with van der Waals surface area (Å²) in [6, 6.07) is 7.66. The van der Waals surface area contributed by atoms with Gasteiger partial charge in [-0.1, -0.05) is 17.7 Å². The zero-order chi connectivity index (χ0) is 33.3. The van der Waals surface area contributed by atoms with Crippen molar-refractivity contribution in [1.29, 1.82) is 0 Å². The molecule has 0 aromatic heterocycles. The number of hydrogen-bond donors (Lipinski definition) is 3. The third-order valence-corrected chi connectivity index (χ3v) is 8.79. The first-order valence-electron chi connectivity index (χ1n) is 13.0. The van der Waals surface area contributed by atoms with Crippen molar-refractivity contribution in [3.8, 4) is 0 Å². The molecule has 16 heteroatoms. The second-order valence-corrected chi connectivity index (χ2v) is 12.8. The second-order valence-electron chi connectivity index (χ2n) is 9.93. The molecule has 1 aliphatic rings. The molecule has 3 N–H and O–H groups in total. The van der Waals surface area contributed by atoms with Gasteiger partial charge in [0.15, 0.2) is 5.82 Å². The van der Waals surface area contributed by atoms with Gasteiger partial charge in [0.05, 0.1) is 27.8 Å². The molecule has 0 unspecified atom stereocenters. The Kier molecular flexibility index (Phi) is 10.6. The smallest absolute Gasteiger partial charge is 0.326 e. The molecule has 0 saturated heterocycles. The fourth-order valence-corrected chi connectivity index (χ4v) is 6.02. The average molecular weight is 713 g/mol. The summed E-state index contributed by atoms with van der Waals surface area (Å²) in [7, 11) is 0. The molecular weight excluding hydrogens is 691 g/mol. The molecule has 1 saturated carbocycles. The number of hydrogen-bond acceptors (Lipinski definition) is 4. The summed E-state index contributed by atoms with van der Waals surface area (Å²) in [5.41, 5.74) is -3.12. The Morgan fingerprint density at radius 3 is 2.29 bits per heavy atom. The monoisotopic (exact) mass is 711 g/mol. The van der Waals surface area contributed by atoms with Crippen molar-refractivity contribution in [2.45, 2.75) is 29.3 Å². The van der Waals surface area contributed by atoms with E-state index in [1.807, 2.05) is 6.26 Å². The van der Waals surface area contributed by atoms with E-state index >= 15 is 4.39 Å². The minimum atomic E-state index is -4.99. The van der Waals surface area contributed by atoms with Gasteiger partial charge in [0.1, 0.15) is 21.7 Å². The minimum absolute atomic E-state index is 0.00260. The summed E-state index contributed by atoms with van der Waals surface area (Å²) in [5, 5.41) is 6.75. The van der Waals surface area contributed by atoms with Crippen molar-refractivity contribution < 1.29 is 40.7 Å². The van der Waals surface area contributed by atoms with Gasteiger partial charge in [0.25, 0.3) is 5.91 Å². The van der Waals surface area contributed by atoms with Crippen molar-refractivity contribution in [3.63, 3.8) is 0 Å². The normalized spacial score (nSPS) is 17.0. The van der Waals surface area contributed by atoms with Crippen LogP contribution in [0.25, 0.3) is 0 Å². The molecule has 3 aromatic carbocycles. The second kappa shape index (κ2) is 13.7. The Hall–Kier alpha value is -3.13. The van der Waals surface area contributed by atoms with Crippen molar-refractivity contribution in [1.82, 2.24) is 0 Å². The maximum Gasteiger partial charge on any atom is 0.419 e. The van der Waals surface area contributed by atoms with E-state index in [4.69, 9.17) is 34.8 Å². The lowest BCUT2D eigenvalue weighted by molar-refractivity contribution is -0.140. The maximum absolute atomic E-state index is 15.1. The predicted molar refractivity (Wildman–Crippen MR) is 163 cm³/mol. The van der Waals surface area contributed by atoms with E-state index in [0.717, 1.165) is 24.3 Å². The molecule has 2 atom stereocenters. The summed E-state index contributed by atoms with van der Waals surface area (Å²) >= 11 is 20.1. The molecule has 0 aliphatic heterocycles. The van der Waals surface area contributed by atoms with Crippen LogP contribution in [0, 0.1) is 23.4 Å². The van der Waals surface area contributed by atoms with Gasteiger partial charge in [-0.2, -0.15) is 24.9 Å². The van der Waals surface area contributed by atoms with Crippen molar-refractivity contribution >= 4 is 81.3 Å². The van der Waals surface area contributed by atoms with E-state index in [0.29, 0.717) is 24.3 Å². The zero-order valence-electron chi connectivity index (χ0n) is 22.9. The molecule has 0 bridgehead atoms. The first-order valence-corrected chi connectivity index (χ1v) is 15.5. The number of rotatable bonds is 10. The fraction of sp³-hybridized carbons (Fsp3) is 0.276. The van der Waals surface area contributed by atoms with E-state index in [1.54, 1.807) is 0 Å². The van der Waals surface area contributed by atoms with Gasteiger partial charge in [0.2, 0.25) is 11.8 Å². The molecule has 1 aliphatic carbocycles. The Morgan fingerprint density at radius 1 is 0.933 bits per heavy atom. The number of carbonyl (C=O) groups excluding carboxylic acids is 3. The number of benzene rings is 3. The van der Waals surface area contributed by atoms with E-state index in [-0.39, 0.29) is 28.3 Å². The number of amides is 3. The van der Waals surface area contributed by atoms with Crippen LogP contribution in [-0.4, -0.2) is 34.1 Å². The summed E-state index contributed by atoms with van der Waals surface area (Å²) in [6.45, 7) is 0. The molecule has 0 radical (unpaired) electrons. The van der Waals surface area contributed by atoms with Crippen LogP contribution in [0.1, 0.15) is 40.2 Å². The highest BCUT2D eigenvalue weighted by molar-refractivity contribution is 7.98. The Labute approximate surface area is 272 Å². The van der Waals surface area contributed by atoms with Crippen LogP contribution in [0.3, 0.4) is 0 Å². The quantitative estimate of drug-likeness (QED) is 0.112. The van der Waals surface area contributed by atoms with Crippen LogP contribution in [0.15, 0.2) is 48.5 Å². The largest absolute Gasteiger partial charge is 0.419 e. The van der Waals surface area contributed by atoms with Gasteiger partial charge in [-0.15, -0.1) is 23.2 Å². The van der Waals surface area contributed by atoms with Crippen LogP contribution in [-0.2, 0) is 15.8 Å². The molecular formula is C29H22Cl3F6N3O3S. The highest BCUT2D eigenvalue weighted by Gasteiger charge is 2.67. The predicted octanol–water partition coefficient (Wildman–Crippen LogP) is 8.64. The summed E-state index contributed by atoms with van der Waals surface area (Å²) in [6.07, 6.45) is -2.63. The van der Waals surface area contributed by atoms with Crippen LogP contribution in [0.2, 0.25) is 5.02 Å². The highest BCUT2D eigenvalue weighted by atomic mass is 35.5. The number of halogens is 9. The molecule has 6 nitrogen and oxygen atoms in total. The molecule has 45 heavy (non-hydrogen) atoms. The fourth-order valence-electron chi connectivity index (χ4n) is 4.55. The number of alkyl halides is 5. The summed E-state index contributed by atoms with van der Waals surface area (Å²) < 4.78 is 80.9. The number of anilines is 3. The van der Waals surface area contributed by atoms with Crippen molar-refractivity contribution in [3.05, 3.63) is 87.7 Å². The SMILES string of the molecule is CSCCCC(=O)Nc1c(F)ccc(NC(=O)c2cc(NC(=O)[C@H]3[C@H](c4ccc(F)c(C(F)(F)F)c4)C3(Cl)Cl)ccc2Cl)c1F. The van der Waals surface area contributed by atoms with E-state index < -0.39 is 74.5 Å². The molecule has 0 spiro atoms. The molecule has 0 heterocycles. The average Bonchev–Trinajstić information content (AvgIpc) is 3.55. The molecule has 4 rings (SSSR count). The third-order valence-electron chi connectivity index (χ3n) is 6.83. The van der Waals surface area contributed by atoms with E-state index in [2.05, 4.69) is 16.0 Å². The Bertz CT molecular complexity index is 1660. The van der Waals surface area contributed by atoms with E-state index in [1.165, 1.54) is 23.9 Å². The van der Waals surface area contributed by atoms with Crippen molar-refractivity contribution in [2.24, 2.45) is 5.92 Å². The van der Waals surface area contributed by atoms with E-state index in [9.17, 15) is 36.3 Å². The Morgan fingerprint density at radius 2 is 1.62 bits per heavy atom. The lowest BCUT2D eigenvalue weighted by Crippen LogP contribution is -2.19. The highest BCUT2D eigenvalue weighted by Crippen LogP contribution is 2.65.